The van der Waals surface area contributed by atoms with Gasteiger partial charge in [-0.15, -0.1) is 21.5 Å². The van der Waals surface area contributed by atoms with E-state index in [9.17, 15) is 9.59 Å². The Kier molecular flexibility index (Phi) is 11.2. The molecule has 12 heteroatoms. The summed E-state index contributed by atoms with van der Waals surface area (Å²) in [6.07, 6.45) is 0.132. The first-order chi connectivity index (χ1) is 23.6. The molecule has 3 heterocycles. The summed E-state index contributed by atoms with van der Waals surface area (Å²) in [5.41, 5.74) is 6.14. The van der Waals surface area contributed by atoms with E-state index in [4.69, 9.17) is 21.0 Å². The van der Waals surface area contributed by atoms with E-state index in [1.165, 1.54) is 4.88 Å². The van der Waals surface area contributed by atoms with Crippen molar-refractivity contribution in [3.05, 3.63) is 98.8 Å². The van der Waals surface area contributed by atoms with Crippen LogP contribution in [0.3, 0.4) is 0 Å². The number of aliphatic imine (C=N–C) groups is 1. The second-order valence-corrected chi connectivity index (χ2v) is 20.4. The first-order valence-corrected chi connectivity index (χ1v) is 20.7. The van der Waals surface area contributed by atoms with Crippen LogP contribution in [0.2, 0.25) is 23.2 Å². The Bertz CT molecular complexity index is 2010. The second kappa shape index (κ2) is 15.0. The molecule has 1 aliphatic heterocycles. The maximum atomic E-state index is 13.4. The molecule has 0 saturated carbocycles. The van der Waals surface area contributed by atoms with Gasteiger partial charge in [0.1, 0.15) is 16.9 Å². The largest absolute Gasteiger partial charge is 0.413 e. The first kappa shape index (κ1) is 37.2. The molecule has 50 heavy (non-hydrogen) atoms. The first-order valence-electron chi connectivity index (χ1n) is 16.6. The number of anilines is 1. The molecule has 2 amide bonds. The Morgan fingerprint density at radius 1 is 1.08 bits per heavy atom. The van der Waals surface area contributed by atoms with E-state index in [-0.39, 0.29) is 36.2 Å². The number of nitrogens with one attached hydrogen (secondary N) is 2. The van der Waals surface area contributed by atoms with Gasteiger partial charge in [-0.3, -0.25) is 19.1 Å². The molecule has 9 nitrogen and oxygen atoms in total. The average Bonchev–Trinajstić information content (AvgIpc) is 3.52. The van der Waals surface area contributed by atoms with Gasteiger partial charge in [0.25, 0.3) is 0 Å². The number of rotatable bonds is 10. The summed E-state index contributed by atoms with van der Waals surface area (Å²) in [4.78, 5) is 32.6. The number of amides is 2. The highest BCUT2D eigenvalue weighted by Gasteiger charge is 2.37. The van der Waals surface area contributed by atoms with Gasteiger partial charge < -0.3 is 15.1 Å². The Morgan fingerprint density at radius 2 is 1.80 bits per heavy atom. The number of carbonyl (C=O) groups excluding carboxylic acids is 2. The maximum Gasteiger partial charge on any atom is 0.226 e. The van der Waals surface area contributed by atoms with E-state index >= 15 is 0 Å². The molecule has 1 radical (unpaired) electrons. The predicted octanol–water partition coefficient (Wildman–Crippen LogP) is 8.04. The Morgan fingerprint density at radius 3 is 2.48 bits per heavy atom. The monoisotopic (exact) mass is 727 g/mol. The van der Waals surface area contributed by atoms with Crippen LogP contribution in [0.5, 0.6) is 0 Å². The van der Waals surface area contributed by atoms with Crippen LogP contribution in [0.1, 0.15) is 84.0 Å². The number of hydrogen-bond acceptors (Lipinski definition) is 7. The molecular formula is C38H44ClN6O3SSi. The summed E-state index contributed by atoms with van der Waals surface area (Å²) in [5.74, 6) is 6.61. The van der Waals surface area contributed by atoms with Crippen LogP contribution in [-0.2, 0) is 20.6 Å². The summed E-state index contributed by atoms with van der Waals surface area (Å²) >= 11 is 7.88. The molecule has 0 aliphatic carbocycles. The van der Waals surface area contributed by atoms with Crippen LogP contribution in [-0.4, -0.2) is 47.2 Å². The van der Waals surface area contributed by atoms with E-state index in [1.54, 1.807) is 11.3 Å². The highest BCUT2D eigenvalue weighted by Crippen LogP contribution is 2.40. The summed E-state index contributed by atoms with van der Waals surface area (Å²) < 4.78 is 8.45. The zero-order valence-corrected chi connectivity index (χ0v) is 32.5. The normalized spacial score (nSPS) is 14.1. The number of carbonyl (C=O) groups is 2. The van der Waals surface area contributed by atoms with Crippen molar-refractivity contribution in [2.45, 2.75) is 85.2 Å². The molecule has 0 fully saturated rings. The number of benzene rings is 2. The van der Waals surface area contributed by atoms with Crippen molar-refractivity contribution >= 4 is 54.5 Å². The molecule has 1 aliphatic rings. The molecule has 2 aromatic heterocycles. The van der Waals surface area contributed by atoms with Crippen molar-refractivity contribution in [2.24, 2.45) is 4.99 Å². The van der Waals surface area contributed by atoms with Crippen LogP contribution < -0.4 is 10.6 Å². The molecule has 2 aromatic carbocycles. The SMILES string of the molecule is [CH2]C#Cc1ccc(NC(=O)CCNC(=O)C[C@@H]2N=C(c3ccc(Cl)cc3)c3c(sc(C)c3C)-n3c(C)nnc32)cc1CO[Si](C)(C)C(C)(C)C. The quantitative estimate of drug-likeness (QED) is 0.127. The lowest BCUT2D eigenvalue weighted by Crippen LogP contribution is -2.40. The second-order valence-electron chi connectivity index (χ2n) is 14.0. The van der Waals surface area contributed by atoms with Crippen LogP contribution in [0.15, 0.2) is 47.5 Å². The molecule has 2 N–H and O–H groups in total. The lowest BCUT2D eigenvalue weighted by molar-refractivity contribution is -0.121. The standard InChI is InChI=1S/C38H44ClN6O3SSi/c1-10-11-26-14-17-30(20-28(26)22-48-50(8,9)38(5,6)7)41-32(46)18-19-40-33(47)21-31-36-44-43-25(4)45(36)37-34(23(2)24(3)49-37)35(42-31)27-12-15-29(39)16-13-27/h12-17,20,31H,1,18-19,21-22H2,2-9H3,(H,40,47)(H,41,46)/t31-/m0/s1. The highest BCUT2D eigenvalue weighted by atomic mass is 35.5. The fraction of sp³-hybridized carbons (Fsp3) is 0.368. The van der Waals surface area contributed by atoms with Gasteiger partial charge in [0.15, 0.2) is 14.1 Å². The van der Waals surface area contributed by atoms with E-state index in [0.29, 0.717) is 23.1 Å². The van der Waals surface area contributed by atoms with Gasteiger partial charge in [-0.05, 0) is 80.4 Å². The molecule has 1 atom stereocenters. The Labute approximate surface area is 305 Å². The minimum atomic E-state index is -2.00. The average molecular weight is 728 g/mol. The molecular weight excluding hydrogens is 684 g/mol. The van der Waals surface area contributed by atoms with Crippen LogP contribution in [0.4, 0.5) is 5.69 Å². The van der Waals surface area contributed by atoms with Gasteiger partial charge in [-0.25, -0.2) is 0 Å². The van der Waals surface area contributed by atoms with E-state index < -0.39 is 14.4 Å². The molecule has 0 unspecified atom stereocenters. The minimum absolute atomic E-state index is 0.0379. The lowest BCUT2D eigenvalue weighted by Gasteiger charge is -2.36. The Hall–Kier alpha value is -4.08. The van der Waals surface area contributed by atoms with Crippen molar-refractivity contribution in [3.63, 3.8) is 0 Å². The number of hydrogen-bond donors (Lipinski definition) is 2. The smallest absolute Gasteiger partial charge is 0.226 e. The van der Waals surface area contributed by atoms with Crippen molar-refractivity contribution in [1.29, 1.82) is 0 Å². The minimum Gasteiger partial charge on any atom is -0.413 e. The van der Waals surface area contributed by atoms with Gasteiger partial charge in [0.2, 0.25) is 11.8 Å². The number of thiophene rings is 1. The van der Waals surface area contributed by atoms with Gasteiger partial charge >= 0.3 is 0 Å². The van der Waals surface area contributed by atoms with Crippen molar-refractivity contribution < 1.29 is 14.0 Å². The number of halogens is 1. The zero-order valence-electron chi connectivity index (χ0n) is 30.0. The molecule has 0 saturated heterocycles. The fourth-order valence-corrected chi connectivity index (χ4v) is 7.69. The Balaban J connectivity index is 1.27. The lowest BCUT2D eigenvalue weighted by atomic mass is 9.99. The number of nitrogens with zero attached hydrogens (tertiary/aromatic N) is 4. The van der Waals surface area contributed by atoms with Crippen LogP contribution in [0, 0.1) is 39.5 Å². The summed E-state index contributed by atoms with van der Waals surface area (Å²) in [7, 11) is -2.00. The van der Waals surface area contributed by atoms with E-state index in [2.05, 4.69) is 87.3 Å². The van der Waals surface area contributed by atoms with Gasteiger partial charge in [-0.1, -0.05) is 56.3 Å². The predicted molar refractivity (Wildman–Crippen MR) is 205 cm³/mol. The van der Waals surface area contributed by atoms with E-state index in [1.807, 2.05) is 54.0 Å². The van der Waals surface area contributed by atoms with Gasteiger partial charge in [-0.2, -0.15) is 0 Å². The summed E-state index contributed by atoms with van der Waals surface area (Å²) in [6.45, 7) is 21.3. The summed E-state index contributed by atoms with van der Waals surface area (Å²) in [6, 6.07) is 12.5. The zero-order chi connectivity index (χ0) is 36.4. The topological polar surface area (TPSA) is 111 Å². The highest BCUT2D eigenvalue weighted by molar-refractivity contribution is 7.15. The molecule has 261 valence electrons. The third-order valence-corrected chi connectivity index (χ3v) is 15.3. The van der Waals surface area contributed by atoms with Gasteiger partial charge in [0.05, 0.1) is 18.7 Å². The molecule has 0 spiro atoms. The molecule has 0 bridgehead atoms. The van der Waals surface area contributed by atoms with Crippen molar-refractivity contribution in [1.82, 2.24) is 20.1 Å². The number of aromatic nitrogens is 3. The fourth-order valence-electron chi connectivity index (χ4n) is 5.40. The third-order valence-electron chi connectivity index (χ3n) is 9.42. The summed E-state index contributed by atoms with van der Waals surface area (Å²) in [5, 5.41) is 16.4. The number of fused-ring (bicyclic) bond motifs is 3. The van der Waals surface area contributed by atoms with Crippen molar-refractivity contribution in [2.75, 3.05) is 11.9 Å². The van der Waals surface area contributed by atoms with Crippen molar-refractivity contribution in [3.8, 4) is 16.8 Å². The molecule has 5 rings (SSSR count). The number of aryl methyl sites for hydroxylation is 2. The third kappa shape index (κ3) is 8.10. The molecule has 4 aromatic rings. The van der Waals surface area contributed by atoms with Crippen LogP contribution >= 0.6 is 22.9 Å². The maximum absolute atomic E-state index is 13.4. The van der Waals surface area contributed by atoms with Crippen LogP contribution in [0.25, 0.3) is 5.00 Å². The van der Waals surface area contributed by atoms with E-state index in [0.717, 1.165) is 44.4 Å². The van der Waals surface area contributed by atoms with Gasteiger partial charge in [0, 0.05) is 52.2 Å².